The van der Waals surface area contributed by atoms with E-state index in [0.29, 0.717) is 25.3 Å². The standard InChI is InChI=1S/C13H16N4O4/c1-16(2)13(20)17-4-3-8-7(6-17)5-9(21-8)10-11(18)15-12(19)14-10/h5,10H,3-4,6H2,1-2H3,(H2,14,15,18,19). The van der Waals surface area contributed by atoms with Gasteiger partial charge in [0.15, 0.2) is 6.04 Å². The number of furan rings is 1. The van der Waals surface area contributed by atoms with Gasteiger partial charge < -0.3 is 19.5 Å². The van der Waals surface area contributed by atoms with E-state index < -0.39 is 18.0 Å². The summed E-state index contributed by atoms with van der Waals surface area (Å²) in [6, 6.07) is 0.362. The number of amides is 5. The van der Waals surface area contributed by atoms with Gasteiger partial charge in [-0.05, 0) is 6.07 Å². The Morgan fingerprint density at radius 2 is 2.19 bits per heavy atom. The normalized spacial score (nSPS) is 20.9. The monoisotopic (exact) mass is 292 g/mol. The van der Waals surface area contributed by atoms with Crippen LogP contribution in [0.2, 0.25) is 0 Å². The van der Waals surface area contributed by atoms with Gasteiger partial charge in [0, 0.05) is 32.6 Å². The van der Waals surface area contributed by atoms with Gasteiger partial charge in [-0.15, -0.1) is 0 Å². The van der Waals surface area contributed by atoms with Crippen molar-refractivity contribution in [2.24, 2.45) is 0 Å². The first-order valence-corrected chi connectivity index (χ1v) is 6.65. The number of nitrogens with one attached hydrogen (secondary N) is 2. The van der Waals surface area contributed by atoms with Gasteiger partial charge in [0.05, 0.1) is 6.54 Å². The van der Waals surface area contributed by atoms with Crippen molar-refractivity contribution in [2.75, 3.05) is 20.6 Å². The van der Waals surface area contributed by atoms with Crippen LogP contribution in [-0.2, 0) is 17.8 Å². The minimum absolute atomic E-state index is 0.0599. The molecule has 0 radical (unpaired) electrons. The van der Waals surface area contributed by atoms with Gasteiger partial charge in [0.2, 0.25) is 0 Å². The molecular weight excluding hydrogens is 276 g/mol. The molecule has 0 bridgehead atoms. The summed E-state index contributed by atoms with van der Waals surface area (Å²) in [5.41, 5.74) is 0.875. The van der Waals surface area contributed by atoms with Gasteiger partial charge in [-0.25, -0.2) is 9.59 Å². The Kier molecular flexibility index (Phi) is 3.08. The summed E-state index contributed by atoms with van der Waals surface area (Å²) in [6.07, 6.45) is 0.594. The number of fused-ring (bicyclic) bond motifs is 1. The topological polar surface area (TPSA) is 94.9 Å². The van der Waals surface area contributed by atoms with Crippen molar-refractivity contribution in [3.63, 3.8) is 0 Å². The van der Waals surface area contributed by atoms with Crippen molar-refractivity contribution in [1.29, 1.82) is 0 Å². The van der Waals surface area contributed by atoms with Gasteiger partial charge in [-0.3, -0.25) is 10.1 Å². The first-order valence-electron chi connectivity index (χ1n) is 6.65. The number of carbonyl (C=O) groups is 3. The fourth-order valence-corrected chi connectivity index (χ4v) is 2.56. The highest BCUT2D eigenvalue weighted by molar-refractivity contribution is 6.04. The first-order chi connectivity index (χ1) is 9.95. The molecule has 1 saturated heterocycles. The highest BCUT2D eigenvalue weighted by Gasteiger charge is 2.35. The van der Waals surface area contributed by atoms with Gasteiger partial charge in [0.1, 0.15) is 11.5 Å². The number of imide groups is 1. The number of hydrogen-bond acceptors (Lipinski definition) is 4. The van der Waals surface area contributed by atoms with Crippen LogP contribution in [0.1, 0.15) is 23.1 Å². The Morgan fingerprint density at radius 1 is 1.43 bits per heavy atom. The predicted octanol–water partition coefficient (Wildman–Crippen LogP) is 0.200. The molecule has 1 aromatic rings. The average Bonchev–Trinajstić information content (AvgIpc) is 2.99. The van der Waals surface area contributed by atoms with Crippen LogP contribution in [0.15, 0.2) is 10.5 Å². The molecule has 5 amide bonds. The van der Waals surface area contributed by atoms with Crippen molar-refractivity contribution in [3.8, 4) is 0 Å². The second kappa shape index (κ2) is 4.80. The van der Waals surface area contributed by atoms with Crippen LogP contribution in [-0.4, -0.2) is 48.4 Å². The summed E-state index contributed by atoms with van der Waals surface area (Å²) < 4.78 is 5.67. The lowest BCUT2D eigenvalue weighted by Crippen LogP contribution is -2.41. The quantitative estimate of drug-likeness (QED) is 0.723. The molecule has 112 valence electrons. The molecule has 3 rings (SSSR count). The van der Waals surface area contributed by atoms with Gasteiger partial charge >= 0.3 is 12.1 Å². The van der Waals surface area contributed by atoms with E-state index in [-0.39, 0.29) is 6.03 Å². The van der Waals surface area contributed by atoms with E-state index in [2.05, 4.69) is 10.6 Å². The zero-order valence-corrected chi connectivity index (χ0v) is 11.8. The Balaban J connectivity index is 1.80. The smallest absolute Gasteiger partial charge is 0.322 e. The molecule has 0 aromatic carbocycles. The molecule has 8 nitrogen and oxygen atoms in total. The summed E-state index contributed by atoms with van der Waals surface area (Å²) in [6.45, 7) is 1.01. The summed E-state index contributed by atoms with van der Waals surface area (Å²) in [7, 11) is 3.41. The number of nitrogens with zero attached hydrogens (tertiary/aromatic N) is 2. The lowest BCUT2D eigenvalue weighted by Gasteiger charge is -2.28. The van der Waals surface area contributed by atoms with Crippen molar-refractivity contribution in [2.45, 2.75) is 19.0 Å². The van der Waals surface area contributed by atoms with E-state index in [4.69, 9.17) is 4.42 Å². The van der Waals surface area contributed by atoms with Crippen LogP contribution in [0.3, 0.4) is 0 Å². The molecule has 8 heteroatoms. The first kappa shape index (κ1) is 13.5. The van der Waals surface area contributed by atoms with E-state index in [0.717, 1.165) is 11.3 Å². The maximum absolute atomic E-state index is 12.0. The molecule has 1 aromatic heterocycles. The third-order valence-corrected chi connectivity index (χ3v) is 3.60. The summed E-state index contributed by atoms with van der Waals surface area (Å²) in [4.78, 5) is 38.0. The van der Waals surface area contributed by atoms with E-state index >= 15 is 0 Å². The Labute approximate surface area is 121 Å². The molecule has 1 fully saturated rings. The third-order valence-electron chi connectivity index (χ3n) is 3.60. The zero-order valence-electron chi connectivity index (χ0n) is 11.8. The SMILES string of the molecule is CN(C)C(=O)N1CCc2oc(C3NC(=O)NC3=O)cc2C1. The Bertz CT molecular complexity index is 622. The lowest BCUT2D eigenvalue weighted by molar-refractivity contribution is -0.120. The molecule has 2 aliphatic heterocycles. The van der Waals surface area contributed by atoms with Crippen molar-refractivity contribution >= 4 is 18.0 Å². The van der Waals surface area contributed by atoms with E-state index in [1.54, 1.807) is 25.1 Å². The number of urea groups is 2. The Hall–Kier alpha value is -2.51. The van der Waals surface area contributed by atoms with E-state index in [1.807, 2.05) is 0 Å². The van der Waals surface area contributed by atoms with Gasteiger partial charge in [0.25, 0.3) is 5.91 Å². The van der Waals surface area contributed by atoms with E-state index in [9.17, 15) is 14.4 Å². The van der Waals surface area contributed by atoms with Crippen LogP contribution < -0.4 is 10.6 Å². The van der Waals surface area contributed by atoms with Crippen LogP contribution >= 0.6 is 0 Å². The number of rotatable bonds is 1. The molecule has 0 aliphatic carbocycles. The number of hydrogen-bond donors (Lipinski definition) is 2. The van der Waals surface area contributed by atoms with Crippen molar-refractivity contribution in [1.82, 2.24) is 20.4 Å². The van der Waals surface area contributed by atoms with E-state index in [1.165, 1.54) is 4.90 Å². The molecular formula is C13H16N4O4. The van der Waals surface area contributed by atoms with Crippen LogP contribution in [0.25, 0.3) is 0 Å². The fraction of sp³-hybridized carbons (Fsp3) is 0.462. The molecule has 2 aliphatic rings. The summed E-state index contributed by atoms with van der Waals surface area (Å²) in [5.74, 6) is 0.747. The van der Waals surface area contributed by atoms with Crippen molar-refractivity contribution < 1.29 is 18.8 Å². The minimum Gasteiger partial charge on any atom is -0.463 e. The lowest BCUT2D eigenvalue weighted by atomic mass is 10.1. The molecule has 1 atom stereocenters. The second-order valence-corrected chi connectivity index (χ2v) is 5.34. The number of carbonyl (C=O) groups excluding carboxylic acids is 3. The van der Waals surface area contributed by atoms with Crippen LogP contribution in [0.5, 0.6) is 0 Å². The molecule has 2 N–H and O–H groups in total. The molecule has 21 heavy (non-hydrogen) atoms. The van der Waals surface area contributed by atoms with Crippen LogP contribution in [0, 0.1) is 0 Å². The maximum atomic E-state index is 12.0. The van der Waals surface area contributed by atoms with Gasteiger partial charge in [-0.2, -0.15) is 0 Å². The molecule has 1 unspecified atom stereocenters. The summed E-state index contributed by atoms with van der Waals surface area (Å²) in [5, 5.41) is 4.67. The van der Waals surface area contributed by atoms with Gasteiger partial charge in [-0.1, -0.05) is 0 Å². The average molecular weight is 292 g/mol. The largest absolute Gasteiger partial charge is 0.463 e. The molecule has 0 spiro atoms. The maximum Gasteiger partial charge on any atom is 0.322 e. The minimum atomic E-state index is -0.791. The zero-order chi connectivity index (χ0) is 15.1. The molecule has 3 heterocycles. The second-order valence-electron chi connectivity index (χ2n) is 5.34. The predicted molar refractivity (Wildman–Crippen MR) is 71.3 cm³/mol. The van der Waals surface area contributed by atoms with Crippen molar-refractivity contribution in [3.05, 3.63) is 23.2 Å². The highest BCUT2D eigenvalue weighted by Crippen LogP contribution is 2.28. The Morgan fingerprint density at radius 3 is 2.81 bits per heavy atom. The third kappa shape index (κ3) is 2.32. The van der Waals surface area contributed by atoms with Crippen LogP contribution in [0.4, 0.5) is 9.59 Å². The molecule has 0 saturated carbocycles. The highest BCUT2D eigenvalue weighted by atomic mass is 16.3. The fourth-order valence-electron chi connectivity index (χ4n) is 2.56. The summed E-state index contributed by atoms with van der Waals surface area (Å²) >= 11 is 0.